The number of fused-ring (bicyclic) bond motifs is 1. The maximum absolute atomic E-state index is 13.2. The monoisotopic (exact) mass is 508 g/mol. The van der Waals surface area contributed by atoms with E-state index in [2.05, 4.69) is 39.4 Å². The lowest BCUT2D eigenvalue weighted by Gasteiger charge is -2.32. The van der Waals surface area contributed by atoms with Crippen LogP contribution in [0, 0.1) is 6.92 Å². The molecule has 0 radical (unpaired) electrons. The summed E-state index contributed by atoms with van der Waals surface area (Å²) in [6, 6.07) is 14.0. The van der Waals surface area contributed by atoms with Gasteiger partial charge >= 0.3 is 0 Å². The summed E-state index contributed by atoms with van der Waals surface area (Å²) in [4.78, 5) is 25.0. The summed E-state index contributed by atoms with van der Waals surface area (Å²) >= 11 is 7.77. The third kappa shape index (κ3) is 5.53. The van der Waals surface area contributed by atoms with Crippen molar-refractivity contribution in [1.82, 2.24) is 19.8 Å². The van der Waals surface area contributed by atoms with Crippen molar-refractivity contribution in [3.63, 3.8) is 0 Å². The Kier molecular flexibility index (Phi) is 7.09. The smallest absolute Gasteiger partial charge is 0.270 e. The molecule has 3 heterocycles. The number of thiazole rings is 1. The number of halogens is 1. The van der Waals surface area contributed by atoms with E-state index >= 15 is 0 Å². The second-order valence-corrected chi connectivity index (χ2v) is 10.4. The molecule has 1 aliphatic heterocycles. The topological polar surface area (TPSA) is 61.5 Å². The van der Waals surface area contributed by atoms with E-state index < -0.39 is 0 Å². The Bertz CT molecular complexity index is 1310. The highest BCUT2D eigenvalue weighted by atomic mass is 35.5. The summed E-state index contributed by atoms with van der Waals surface area (Å²) in [6.07, 6.45) is 1.72. The number of ether oxygens (including phenoxy) is 1. The van der Waals surface area contributed by atoms with Gasteiger partial charge in [-0.05, 0) is 55.4 Å². The molecular formula is C27H29ClN4O2S. The van der Waals surface area contributed by atoms with Crippen molar-refractivity contribution in [1.29, 1.82) is 0 Å². The average molecular weight is 509 g/mol. The molecule has 1 amide bonds. The van der Waals surface area contributed by atoms with Crippen LogP contribution in [0.2, 0.25) is 5.02 Å². The number of H-pyrrole nitrogens is 1. The molecule has 0 unspecified atom stereocenters. The summed E-state index contributed by atoms with van der Waals surface area (Å²) in [5.41, 5.74) is 6.71. The number of hydrogen-bond donors (Lipinski definition) is 1. The number of nitrogens with one attached hydrogen (secondary N) is 1. The van der Waals surface area contributed by atoms with Crippen molar-refractivity contribution in [3.05, 3.63) is 80.9 Å². The fourth-order valence-corrected chi connectivity index (χ4v) is 5.44. The Hall–Kier alpha value is -2.87. The fraction of sp³-hybridized carbons (Fsp3) is 0.333. The molecule has 0 saturated carbocycles. The number of piperidine rings is 1. The molecule has 0 aliphatic carbocycles. The van der Waals surface area contributed by atoms with Crippen LogP contribution in [-0.4, -0.2) is 51.9 Å². The summed E-state index contributed by atoms with van der Waals surface area (Å²) in [6.45, 7) is 4.98. The molecule has 1 N–H and O–H groups in total. The number of aryl methyl sites for hydroxylation is 1. The number of rotatable bonds is 7. The van der Waals surface area contributed by atoms with Gasteiger partial charge in [-0.25, -0.2) is 4.98 Å². The van der Waals surface area contributed by atoms with Gasteiger partial charge in [-0.1, -0.05) is 23.7 Å². The van der Waals surface area contributed by atoms with Gasteiger partial charge < -0.3 is 14.6 Å². The van der Waals surface area contributed by atoms with E-state index in [9.17, 15) is 4.79 Å². The molecule has 182 valence electrons. The molecule has 0 spiro atoms. The van der Waals surface area contributed by atoms with Gasteiger partial charge in [-0.2, -0.15) is 0 Å². The van der Waals surface area contributed by atoms with E-state index in [1.165, 1.54) is 5.56 Å². The van der Waals surface area contributed by atoms with Gasteiger partial charge in [0, 0.05) is 60.3 Å². The van der Waals surface area contributed by atoms with E-state index in [1.807, 2.05) is 47.7 Å². The molecule has 4 aromatic rings. The van der Waals surface area contributed by atoms with Crippen LogP contribution in [0.1, 0.15) is 40.2 Å². The van der Waals surface area contributed by atoms with Crippen LogP contribution in [0.5, 0.6) is 5.75 Å². The molecule has 0 bridgehead atoms. The lowest BCUT2D eigenvalue weighted by molar-refractivity contribution is 0.0590. The molecule has 6 nitrogen and oxygen atoms in total. The first kappa shape index (κ1) is 23.9. The van der Waals surface area contributed by atoms with Crippen LogP contribution < -0.4 is 4.74 Å². The van der Waals surface area contributed by atoms with E-state index in [0.717, 1.165) is 53.8 Å². The number of aromatic nitrogens is 2. The SMILES string of the molecule is Cc1c(C(=O)N2CCC(Oc3cccc(CN(C)Cc4cscn4)c3)CC2)[nH]c2ccc(Cl)cc12. The minimum Gasteiger partial charge on any atom is -0.490 e. The van der Waals surface area contributed by atoms with Gasteiger partial charge in [0.15, 0.2) is 0 Å². The van der Waals surface area contributed by atoms with E-state index in [4.69, 9.17) is 16.3 Å². The number of hydrogen-bond acceptors (Lipinski definition) is 5. The van der Waals surface area contributed by atoms with Crippen molar-refractivity contribution in [2.24, 2.45) is 0 Å². The molecule has 1 saturated heterocycles. The van der Waals surface area contributed by atoms with E-state index in [-0.39, 0.29) is 12.0 Å². The first-order chi connectivity index (χ1) is 17.0. The highest BCUT2D eigenvalue weighted by Gasteiger charge is 2.27. The Labute approximate surface area is 214 Å². The minimum absolute atomic E-state index is 0.0402. The van der Waals surface area contributed by atoms with Gasteiger partial charge in [-0.3, -0.25) is 9.69 Å². The van der Waals surface area contributed by atoms with Crippen LogP contribution in [0.4, 0.5) is 0 Å². The molecule has 1 fully saturated rings. The average Bonchev–Trinajstić information content (AvgIpc) is 3.47. The van der Waals surface area contributed by atoms with Crippen LogP contribution in [0.25, 0.3) is 10.9 Å². The number of carbonyl (C=O) groups is 1. The van der Waals surface area contributed by atoms with Crippen LogP contribution >= 0.6 is 22.9 Å². The van der Waals surface area contributed by atoms with Crippen LogP contribution in [-0.2, 0) is 13.1 Å². The normalized spacial score (nSPS) is 14.7. The van der Waals surface area contributed by atoms with Crippen molar-refractivity contribution in [2.45, 2.75) is 39.0 Å². The Morgan fingerprint density at radius 3 is 2.83 bits per heavy atom. The molecule has 8 heteroatoms. The maximum atomic E-state index is 13.2. The number of aromatic amines is 1. The van der Waals surface area contributed by atoms with Crippen molar-refractivity contribution >= 4 is 39.7 Å². The maximum Gasteiger partial charge on any atom is 0.270 e. The molecule has 0 atom stereocenters. The van der Waals surface area contributed by atoms with Gasteiger partial charge in [0.25, 0.3) is 5.91 Å². The lowest BCUT2D eigenvalue weighted by atomic mass is 10.1. The van der Waals surface area contributed by atoms with E-state index in [1.54, 1.807) is 11.3 Å². The Morgan fingerprint density at radius 2 is 2.06 bits per heavy atom. The van der Waals surface area contributed by atoms with Gasteiger partial charge in [-0.15, -0.1) is 11.3 Å². The van der Waals surface area contributed by atoms with Crippen molar-refractivity contribution in [2.75, 3.05) is 20.1 Å². The highest BCUT2D eigenvalue weighted by Crippen LogP contribution is 2.27. The minimum atomic E-state index is 0.0402. The second-order valence-electron chi connectivity index (χ2n) is 9.22. The number of likely N-dealkylation sites (tertiary alicyclic amines) is 1. The zero-order valence-corrected chi connectivity index (χ0v) is 21.5. The molecule has 1 aliphatic rings. The number of benzene rings is 2. The van der Waals surface area contributed by atoms with Crippen LogP contribution in [0.15, 0.2) is 53.4 Å². The highest BCUT2D eigenvalue weighted by molar-refractivity contribution is 7.07. The number of amides is 1. The summed E-state index contributed by atoms with van der Waals surface area (Å²) in [5.74, 6) is 0.927. The zero-order chi connectivity index (χ0) is 24.4. The lowest BCUT2D eigenvalue weighted by Crippen LogP contribution is -2.42. The molecule has 2 aromatic heterocycles. The zero-order valence-electron chi connectivity index (χ0n) is 20.0. The standard InChI is InChI=1S/C27H29ClN4O2S/c1-18-24-13-20(28)6-7-25(24)30-26(18)27(33)32-10-8-22(9-11-32)34-23-5-3-4-19(12-23)14-31(2)15-21-16-35-17-29-21/h3-7,12-13,16-17,22,30H,8-11,14-15H2,1-2H3. The largest absolute Gasteiger partial charge is 0.490 e. The van der Waals surface area contributed by atoms with Gasteiger partial charge in [0.2, 0.25) is 0 Å². The summed E-state index contributed by atoms with van der Waals surface area (Å²) in [7, 11) is 2.10. The Morgan fingerprint density at radius 1 is 1.23 bits per heavy atom. The third-order valence-electron chi connectivity index (χ3n) is 6.53. The van der Waals surface area contributed by atoms with Crippen molar-refractivity contribution < 1.29 is 9.53 Å². The molecule has 35 heavy (non-hydrogen) atoms. The first-order valence-corrected chi connectivity index (χ1v) is 13.2. The first-order valence-electron chi connectivity index (χ1n) is 11.8. The van der Waals surface area contributed by atoms with Gasteiger partial charge in [0.05, 0.1) is 11.2 Å². The van der Waals surface area contributed by atoms with E-state index in [0.29, 0.717) is 23.8 Å². The number of carbonyl (C=O) groups excluding carboxylic acids is 1. The predicted molar refractivity (Wildman–Crippen MR) is 141 cm³/mol. The quantitative estimate of drug-likeness (QED) is 0.337. The summed E-state index contributed by atoms with van der Waals surface area (Å²) < 4.78 is 6.31. The van der Waals surface area contributed by atoms with Crippen LogP contribution in [0.3, 0.4) is 0 Å². The fourth-order valence-electron chi connectivity index (χ4n) is 4.72. The Balaban J connectivity index is 1.16. The molecular weight excluding hydrogens is 480 g/mol. The molecule has 5 rings (SSSR count). The second kappa shape index (κ2) is 10.4. The molecule has 2 aromatic carbocycles. The summed E-state index contributed by atoms with van der Waals surface area (Å²) in [5, 5.41) is 3.75. The number of nitrogens with zero attached hydrogens (tertiary/aromatic N) is 3. The third-order valence-corrected chi connectivity index (χ3v) is 7.40. The van der Waals surface area contributed by atoms with Gasteiger partial charge in [0.1, 0.15) is 17.5 Å². The van der Waals surface area contributed by atoms with Crippen molar-refractivity contribution in [3.8, 4) is 5.75 Å². The predicted octanol–water partition coefficient (Wildman–Crippen LogP) is 5.90.